The number of nitrogens with two attached hydrogens (primary N) is 1. The number of aromatic nitrogens is 1. The fraction of sp³-hybridized carbons (Fsp3) is 0.190. The van der Waals surface area contributed by atoms with Gasteiger partial charge in [0, 0.05) is 17.6 Å². The van der Waals surface area contributed by atoms with Gasteiger partial charge in [0.2, 0.25) is 21.8 Å². The van der Waals surface area contributed by atoms with Crippen LogP contribution >= 0.6 is 23.1 Å². The summed E-state index contributed by atoms with van der Waals surface area (Å²) in [4.78, 5) is 28.6. The molecule has 0 atom stereocenters. The first-order chi connectivity index (χ1) is 15.7. The van der Waals surface area contributed by atoms with Gasteiger partial charge in [0.1, 0.15) is 5.82 Å². The van der Waals surface area contributed by atoms with Gasteiger partial charge in [-0.2, -0.15) is 0 Å². The van der Waals surface area contributed by atoms with Gasteiger partial charge in [0.15, 0.2) is 4.34 Å². The number of halogens is 1. The summed E-state index contributed by atoms with van der Waals surface area (Å²) < 4.78 is 36.1. The van der Waals surface area contributed by atoms with Crippen LogP contribution in [-0.4, -0.2) is 37.5 Å². The number of nitrogens with zero attached hydrogens (tertiary/aromatic N) is 1. The summed E-state index contributed by atoms with van der Waals surface area (Å²) >= 11 is 2.60. The Morgan fingerprint density at radius 3 is 2.42 bits per heavy atom. The minimum Gasteiger partial charge on any atom is -0.355 e. The van der Waals surface area contributed by atoms with Crippen molar-refractivity contribution in [2.24, 2.45) is 5.14 Å². The first kappa shape index (κ1) is 24.8. The number of carbonyl (C=O) groups excluding carboxylic acids is 2. The Hall–Kier alpha value is -2.80. The molecule has 0 radical (unpaired) electrons. The monoisotopic (exact) mass is 508 g/mol. The second-order valence-electron chi connectivity index (χ2n) is 6.91. The van der Waals surface area contributed by atoms with Crippen molar-refractivity contribution < 1.29 is 22.4 Å². The third-order valence-corrected chi connectivity index (χ3v) is 7.31. The number of hydrogen-bond acceptors (Lipinski definition) is 7. The van der Waals surface area contributed by atoms with Crippen LogP contribution in [0, 0.1) is 5.82 Å². The number of anilines is 1. The van der Waals surface area contributed by atoms with Crippen LogP contribution in [0.15, 0.2) is 63.1 Å². The van der Waals surface area contributed by atoms with Gasteiger partial charge in [0.25, 0.3) is 0 Å². The van der Waals surface area contributed by atoms with Crippen LogP contribution in [0.3, 0.4) is 0 Å². The largest absolute Gasteiger partial charge is 0.355 e. The molecule has 0 spiro atoms. The average Bonchev–Trinajstić information content (AvgIpc) is 3.21. The lowest BCUT2D eigenvalue weighted by molar-refractivity contribution is -0.120. The van der Waals surface area contributed by atoms with E-state index in [2.05, 4.69) is 15.6 Å². The molecule has 3 aromatic rings. The number of thiazole rings is 1. The lowest BCUT2D eigenvalue weighted by atomic mass is 10.1. The Morgan fingerprint density at radius 1 is 1.06 bits per heavy atom. The molecule has 0 aliphatic rings. The second-order valence-corrected chi connectivity index (χ2v) is 10.6. The summed E-state index contributed by atoms with van der Waals surface area (Å²) in [5, 5.41) is 12.3. The standard InChI is InChI=1S/C21H21FN4O4S3/c22-15-3-5-16(6-4-15)25-20(28)13-32-21-26-17(12-31-21)11-19(27)24-10-9-14-1-7-18(8-2-14)33(23,29)30/h1-8,12H,9-11,13H2,(H,24,27)(H,25,28)(H2,23,29,30). The number of benzene rings is 2. The average molecular weight is 509 g/mol. The van der Waals surface area contributed by atoms with Crippen LogP contribution in [0.4, 0.5) is 10.1 Å². The molecule has 1 heterocycles. The predicted octanol–water partition coefficient (Wildman–Crippen LogP) is 2.56. The highest BCUT2D eigenvalue weighted by molar-refractivity contribution is 8.01. The summed E-state index contributed by atoms with van der Waals surface area (Å²) in [6, 6.07) is 11.7. The summed E-state index contributed by atoms with van der Waals surface area (Å²) in [6.07, 6.45) is 0.654. The van der Waals surface area contributed by atoms with Gasteiger partial charge in [0.05, 0.1) is 22.8 Å². The zero-order valence-electron chi connectivity index (χ0n) is 17.3. The van der Waals surface area contributed by atoms with E-state index in [0.717, 1.165) is 5.56 Å². The van der Waals surface area contributed by atoms with Gasteiger partial charge in [-0.15, -0.1) is 11.3 Å². The van der Waals surface area contributed by atoms with Gasteiger partial charge in [-0.25, -0.2) is 22.9 Å². The molecular formula is C21H21FN4O4S3. The molecule has 0 unspecified atom stereocenters. The predicted molar refractivity (Wildman–Crippen MR) is 126 cm³/mol. The lowest BCUT2D eigenvalue weighted by Crippen LogP contribution is -2.27. The number of sulfonamides is 1. The van der Waals surface area contributed by atoms with Crippen LogP contribution in [0.2, 0.25) is 0 Å². The molecule has 0 aliphatic carbocycles. The SMILES string of the molecule is NS(=O)(=O)c1ccc(CCNC(=O)Cc2csc(SCC(=O)Nc3ccc(F)cc3)n2)cc1. The van der Waals surface area contributed by atoms with Crippen LogP contribution in [0.5, 0.6) is 0 Å². The summed E-state index contributed by atoms with van der Waals surface area (Å²) in [5.41, 5.74) is 1.99. The number of hydrogen-bond donors (Lipinski definition) is 3. The summed E-state index contributed by atoms with van der Waals surface area (Å²) in [5.74, 6) is -0.661. The summed E-state index contributed by atoms with van der Waals surface area (Å²) in [7, 11) is -3.72. The molecule has 33 heavy (non-hydrogen) atoms. The Kier molecular flexibility index (Phi) is 8.55. The number of nitrogens with one attached hydrogen (secondary N) is 2. The van der Waals surface area contributed by atoms with E-state index in [-0.39, 0.29) is 34.7 Å². The van der Waals surface area contributed by atoms with E-state index in [0.29, 0.717) is 28.7 Å². The van der Waals surface area contributed by atoms with Crippen LogP contribution < -0.4 is 15.8 Å². The second kappa shape index (κ2) is 11.4. The van der Waals surface area contributed by atoms with E-state index < -0.39 is 10.0 Å². The molecule has 0 fully saturated rings. The normalized spacial score (nSPS) is 11.2. The molecule has 1 aromatic heterocycles. The van der Waals surface area contributed by atoms with Crippen LogP contribution in [0.1, 0.15) is 11.3 Å². The minimum absolute atomic E-state index is 0.0421. The number of thioether (sulfide) groups is 1. The van der Waals surface area contributed by atoms with Gasteiger partial charge in [-0.3, -0.25) is 9.59 Å². The first-order valence-electron chi connectivity index (χ1n) is 9.70. The van der Waals surface area contributed by atoms with E-state index in [1.165, 1.54) is 59.5 Å². The highest BCUT2D eigenvalue weighted by atomic mass is 32.2. The first-order valence-corrected chi connectivity index (χ1v) is 13.1. The smallest absolute Gasteiger partial charge is 0.238 e. The van der Waals surface area contributed by atoms with Crippen LogP contribution in [-0.2, 0) is 32.5 Å². The highest BCUT2D eigenvalue weighted by Gasteiger charge is 2.11. The number of carbonyl (C=O) groups is 2. The minimum atomic E-state index is -3.72. The molecule has 2 aromatic carbocycles. The quantitative estimate of drug-likeness (QED) is 0.361. The number of primary sulfonamides is 1. The van der Waals surface area contributed by atoms with Gasteiger partial charge >= 0.3 is 0 Å². The molecule has 2 amide bonds. The fourth-order valence-electron chi connectivity index (χ4n) is 2.71. The fourth-order valence-corrected chi connectivity index (χ4v) is 4.87. The van der Waals surface area contributed by atoms with Crippen molar-refractivity contribution in [1.82, 2.24) is 10.3 Å². The van der Waals surface area contributed by atoms with Crippen molar-refractivity contribution >= 4 is 50.6 Å². The Bertz CT molecular complexity index is 1210. The van der Waals surface area contributed by atoms with Crippen molar-refractivity contribution in [3.8, 4) is 0 Å². The molecule has 3 rings (SSSR count). The van der Waals surface area contributed by atoms with E-state index >= 15 is 0 Å². The third-order valence-electron chi connectivity index (χ3n) is 4.31. The van der Waals surface area contributed by atoms with Crippen molar-refractivity contribution in [3.63, 3.8) is 0 Å². The maximum Gasteiger partial charge on any atom is 0.238 e. The molecule has 8 nitrogen and oxygen atoms in total. The molecule has 12 heteroatoms. The van der Waals surface area contributed by atoms with Crippen LogP contribution in [0.25, 0.3) is 0 Å². The Balaban J connectivity index is 1.38. The van der Waals surface area contributed by atoms with E-state index in [1.54, 1.807) is 17.5 Å². The highest BCUT2D eigenvalue weighted by Crippen LogP contribution is 2.23. The molecule has 4 N–H and O–H groups in total. The Labute approximate surface area is 198 Å². The molecule has 0 bridgehead atoms. The Morgan fingerprint density at radius 2 is 1.76 bits per heavy atom. The van der Waals surface area contributed by atoms with E-state index in [9.17, 15) is 22.4 Å². The molecule has 174 valence electrons. The maximum atomic E-state index is 12.9. The lowest BCUT2D eigenvalue weighted by Gasteiger charge is -2.05. The maximum absolute atomic E-state index is 12.9. The van der Waals surface area contributed by atoms with Crippen molar-refractivity contribution in [3.05, 3.63) is 71.0 Å². The van der Waals surface area contributed by atoms with Crippen molar-refractivity contribution in [2.45, 2.75) is 22.1 Å². The van der Waals surface area contributed by atoms with Crippen molar-refractivity contribution in [2.75, 3.05) is 17.6 Å². The molecule has 0 saturated heterocycles. The number of rotatable bonds is 10. The van der Waals surface area contributed by atoms with Gasteiger partial charge in [-0.1, -0.05) is 23.9 Å². The van der Waals surface area contributed by atoms with Crippen molar-refractivity contribution in [1.29, 1.82) is 0 Å². The van der Waals surface area contributed by atoms with E-state index in [1.807, 2.05) is 0 Å². The summed E-state index contributed by atoms with van der Waals surface area (Å²) in [6.45, 7) is 0.392. The van der Waals surface area contributed by atoms with Gasteiger partial charge in [-0.05, 0) is 48.4 Å². The zero-order valence-corrected chi connectivity index (χ0v) is 19.7. The van der Waals surface area contributed by atoms with E-state index in [4.69, 9.17) is 5.14 Å². The topological polar surface area (TPSA) is 131 Å². The number of amides is 2. The molecule has 0 saturated carbocycles. The molecular weight excluding hydrogens is 487 g/mol. The molecule has 0 aliphatic heterocycles. The van der Waals surface area contributed by atoms with Gasteiger partial charge < -0.3 is 10.6 Å². The zero-order chi connectivity index (χ0) is 23.8. The third kappa shape index (κ3) is 8.24.